The van der Waals surface area contributed by atoms with E-state index in [1.807, 2.05) is 12.2 Å². The first kappa shape index (κ1) is 14.8. The summed E-state index contributed by atoms with van der Waals surface area (Å²) in [4.78, 5) is 22.0. The molecule has 1 heterocycles. The van der Waals surface area contributed by atoms with Crippen molar-refractivity contribution >= 4 is 23.7 Å². The normalized spacial score (nSPS) is 16.1. The summed E-state index contributed by atoms with van der Waals surface area (Å²) in [5, 5.41) is 11.0. The van der Waals surface area contributed by atoms with E-state index in [2.05, 4.69) is 14.8 Å². The molecule has 1 aliphatic carbocycles. The van der Waals surface area contributed by atoms with Crippen LogP contribution in [0.2, 0.25) is 0 Å². The van der Waals surface area contributed by atoms with Crippen LogP contribution in [0.25, 0.3) is 0 Å². The second-order valence-electron chi connectivity index (χ2n) is 4.89. The average molecular weight is 297 g/mol. The first-order valence-corrected chi connectivity index (χ1v) is 7.70. The molecule has 0 aliphatic heterocycles. The number of imide groups is 1. The molecule has 8 heteroatoms. The van der Waals surface area contributed by atoms with Crippen molar-refractivity contribution in [3.8, 4) is 0 Å². The van der Waals surface area contributed by atoms with Gasteiger partial charge in [0.05, 0.1) is 5.75 Å². The fourth-order valence-electron chi connectivity index (χ4n) is 2.51. The number of nitrogens with zero attached hydrogens (tertiary/aromatic N) is 3. The van der Waals surface area contributed by atoms with Gasteiger partial charge in [-0.15, -0.1) is 10.2 Å². The van der Waals surface area contributed by atoms with E-state index in [0.717, 1.165) is 23.8 Å². The number of nitrogens with two attached hydrogens (primary N) is 1. The van der Waals surface area contributed by atoms with Gasteiger partial charge in [-0.2, -0.15) is 0 Å². The highest BCUT2D eigenvalue weighted by atomic mass is 32.2. The van der Waals surface area contributed by atoms with E-state index < -0.39 is 11.9 Å². The van der Waals surface area contributed by atoms with Crippen LogP contribution in [-0.4, -0.2) is 32.5 Å². The van der Waals surface area contributed by atoms with Crippen molar-refractivity contribution in [2.24, 2.45) is 5.73 Å². The van der Waals surface area contributed by atoms with E-state index in [1.165, 1.54) is 31.0 Å². The zero-order valence-electron chi connectivity index (χ0n) is 11.5. The van der Waals surface area contributed by atoms with Gasteiger partial charge in [-0.3, -0.25) is 10.1 Å². The molecule has 1 fully saturated rings. The van der Waals surface area contributed by atoms with Crippen LogP contribution >= 0.6 is 11.8 Å². The fraction of sp³-hybridized carbons (Fsp3) is 0.667. The predicted molar refractivity (Wildman–Crippen MR) is 75.3 cm³/mol. The second kappa shape index (κ2) is 6.74. The number of carbonyl (C=O) groups excluding carboxylic acids is 2. The molecular formula is C12H19N5O2S. The summed E-state index contributed by atoms with van der Waals surface area (Å²) in [6, 6.07) is -0.416. The number of thioether (sulfide) groups is 1. The Balaban J connectivity index is 2.01. The number of hydrogen-bond acceptors (Lipinski definition) is 5. The first-order valence-electron chi connectivity index (χ1n) is 6.71. The standard InChI is InChI=1S/C12H19N5O2S/c1-8-15-16-12(20-7-10(18)14-11(13)19)17(8)9-5-3-2-4-6-9/h9H,2-7H2,1H3,(H3,13,14,18,19). The summed E-state index contributed by atoms with van der Waals surface area (Å²) in [6.45, 7) is 1.93. The summed E-state index contributed by atoms with van der Waals surface area (Å²) in [6.07, 6.45) is 5.96. The van der Waals surface area contributed by atoms with E-state index in [-0.39, 0.29) is 5.75 Å². The number of primary amides is 1. The highest BCUT2D eigenvalue weighted by molar-refractivity contribution is 7.99. The largest absolute Gasteiger partial charge is 0.351 e. The van der Waals surface area contributed by atoms with Crippen molar-refractivity contribution < 1.29 is 9.59 Å². The number of urea groups is 1. The van der Waals surface area contributed by atoms with E-state index in [4.69, 9.17) is 5.73 Å². The van der Waals surface area contributed by atoms with Gasteiger partial charge in [0.1, 0.15) is 5.82 Å². The Morgan fingerprint density at radius 2 is 2.05 bits per heavy atom. The number of rotatable bonds is 4. The molecule has 0 saturated heterocycles. The molecule has 20 heavy (non-hydrogen) atoms. The molecule has 0 aromatic carbocycles. The first-order chi connectivity index (χ1) is 9.58. The summed E-state index contributed by atoms with van der Waals surface area (Å²) in [5.41, 5.74) is 4.90. The zero-order chi connectivity index (χ0) is 14.5. The van der Waals surface area contributed by atoms with Gasteiger partial charge in [0.15, 0.2) is 5.16 Å². The Bertz CT molecular complexity index is 496. The van der Waals surface area contributed by atoms with Crippen LogP contribution in [0, 0.1) is 6.92 Å². The van der Waals surface area contributed by atoms with Gasteiger partial charge < -0.3 is 10.3 Å². The SMILES string of the molecule is Cc1nnc(SCC(=O)NC(N)=O)n1C1CCCCC1. The zero-order valence-corrected chi connectivity index (χ0v) is 12.3. The van der Waals surface area contributed by atoms with Gasteiger partial charge in [-0.1, -0.05) is 31.0 Å². The molecule has 110 valence electrons. The molecule has 0 atom stereocenters. The molecule has 1 aromatic rings. The second-order valence-corrected chi connectivity index (χ2v) is 5.84. The Kier molecular flexibility index (Phi) is 4.99. The molecule has 1 saturated carbocycles. The summed E-state index contributed by atoms with van der Waals surface area (Å²) < 4.78 is 2.11. The molecule has 0 bridgehead atoms. The number of carbonyl (C=O) groups is 2. The molecule has 1 aliphatic rings. The van der Waals surface area contributed by atoms with Gasteiger partial charge >= 0.3 is 6.03 Å². The van der Waals surface area contributed by atoms with Gasteiger partial charge in [0.25, 0.3) is 0 Å². The van der Waals surface area contributed by atoms with E-state index in [0.29, 0.717) is 6.04 Å². The Labute approximate surface area is 121 Å². The van der Waals surface area contributed by atoms with Gasteiger partial charge in [0, 0.05) is 6.04 Å². The lowest BCUT2D eigenvalue weighted by Gasteiger charge is -2.24. The maximum Gasteiger partial charge on any atom is 0.318 e. The minimum absolute atomic E-state index is 0.105. The number of hydrogen-bond donors (Lipinski definition) is 2. The molecule has 0 spiro atoms. The fourth-order valence-corrected chi connectivity index (χ4v) is 3.36. The van der Waals surface area contributed by atoms with Crippen LogP contribution in [0.15, 0.2) is 5.16 Å². The third-order valence-corrected chi connectivity index (χ3v) is 4.31. The third kappa shape index (κ3) is 3.72. The Morgan fingerprint density at radius 3 is 2.70 bits per heavy atom. The van der Waals surface area contributed by atoms with Crippen LogP contribution in [-0.2, 0) is 4.79 Å². The van der Waals surface area contributed by atoms with Crippen LogP contribution in [0.5, 0.6) is 0 Å². The minimum Gasteiger partial charge on any atom is -0.351 e. The topological polar surface area (TPSA) is 103 Å². The van der Waals surface area contributed by atoms with Crippen molar-refractivity contribution in [2.45, 2.75) is 50.2 Å². The van der Waals surface area contributed by atoms with Gasteiger partial charge in [0.2, 0.25) is 5.91 Å². The average Bonchev–Trinajstić information content (AvgIpc) is 2.78. The lowest BCUT2D eigenvalue weighted by Crippen LogP contribution is -2.36. The third-order valence-electron chi connectivity index (χ3n) is 3.37. The number of amides is 3. The van der Waals surface area contributed by atoms with Crippen LogP contribution < -0.4 is 11.1 Å². The Morgan fingerprint density at radius 1 is 1.35 bits per heavy atom. The number of aromatic nitrogens is 3. The predicted octanol–water partition coefficient (Wildman–Crippen LogP) is 1.38. The molecule has 7 nitrogen and oxygen atoms in total. The maximum absolute atomic E-state index is 11.4. The van der Waals surface area contributed by atoms with Crippen molar-refractivity contribution in [3.63, 3.8) is 0 Å². The lowest BCUT2D eigenvalue weighted by atomic mass is 9.95. The molecule has 1 aromatic heterocycles. The molecular weight excluding hydrogens is 278 g/mol. The molecule has 2 rings (SSSR count). The summed E-state index contributed by atoms with van der Waals surface area (Å²) in [5.74, 6) is 0.557. The molecule has 0 unspecified atom stereocenters. The Hall–Kier alpha value is -1.57. The molecule has 3 amide bonds. The van der Waals surface area contributed by atoms with Crippen molar-refractivity contribution in [1.29, 1.82) is 0 Å². The van der Waals surface area contributed by atoms with Crippen molar-refractivity contribution in [1.82, 2.24) is 20.1 Å². The van der Waals surface area contributed by atoms with E-state index in [1.54, 1.807) is 0 Å². The van der Waals surface area contributed by atoms with Crippen molar-refractivity contribution in [2.75, 3.05) is 5.75 Å². The van der Waals surface area contributed by atoms with Gasteiger partial charge in [-0.05, 0) is 19.8 Å². The van der Waals surface area contributed by atoms with Crippen LogP contribution in [0.1, 0.15) is 44.0 Å². The van der Waals surface area contributed by atoms with Gasteiger partial charge in [-0.25, -0.2) is 4.79 Å². The lowest BCUT2D eigenvalue weighted by molar-refractivity contribution is -0.117. The summed E-state index contributed by atoms with van der Waals surface area (Å²) in [7, 11) is 0. The monoisotopic (exact) mass is 297 g/mol. The molecule has 0 radical (unpaired) electrons. The van der Waals surface area contributed by atoms with E-state index in [9.17, 15) is 9.59 Å². The summed E-state index contributed by atoms with van der Waals surface area (Å²) >= 11 is 1.28. The maximum atomic E-state index is 11.4. The highest BCUT2D eigenvalue weighted by Crippen LogP contribution is 2.32. The van der Waals surface area contributed by atoms with E-state index >= 15 is 0 Å². The molecule has 3 N–H and O–H groups in total. The quantitative estimate of drug-likeness (QED) is 0.817. The number of nitrogens with one attached hydrogen (secondary N) is 1. The van der Waals surface area contributed by atoms with Crippen LogP contribution in [0.4, 0.5) is 4.79 Å². The number of aryl methyl sites for hydroxylation is 1. The smallest absolute Gasteiger partial charge is 0.318 e. The highest BCUT2D eigenvalue weighted by Gasteiger charge is 2.21. The minimum atomic E-state index is -0.833. The van der Waals surface area contributed by atoms with Crippen molar-refractivity contribution in [3.05, 3.63) is 5.82 Å². The van der Waals surface area contributed by atoms with Crippen LogP contribution in [0.3, 0.4) is 0 Å².